The van der Waals surface area contributed by atoms with Gasteiger partial charge in [-0.2, -0.15) is 0 Å². The molecule has 0 bridgehead atoms. The minimum Gasteiger partial charge on any atom is -0.486 e. The third-order valence-corrected chi connectivity index (χ3v) is 5.96. The highest BCUT2D eigenvalue weighted by Gasteiger charge is 2.13. The predicted molar refractivity (Wildman–Crippen MR) is 121 cm³/mol. The third-order valence-electron chi connectivity index (χ3n) is 5.15. The first-order valence-electron chi connectivity index (χ1n) is 9.98. The van der Waals surface area contributed by atoms with Gasteiger partial charge < -0.3 is 4.74 Å². The lowest BCUT2D eigenvalue weighted by Gasteiger charge is -2.10. The van der Waals surface area contributed by atoms with E-state index < -0.39 is 0 Å². The molecule has 0 saturated carbocycles. The minimum absolute atomic E-state index is 0.198. The SMILES string of the molecule is CCC(C)c1ccc(OCc2nnc(NC(=O)c3cccc4ccccc34)s2)cc1. The molecule has 5 nitrogen and oxygen atoms in total. The Balaban J connectivity index is 1.39. The van der Waals surface area contributed by atoms with E-state index in [1.165, 1.54) is 16.9 Å². The maximum atomic E-state index is 12.7. The normalized spacial score (nSPS) is 11.9. The second-order valence-corrected chi connectivity index (χ2v) is 8.21. The second-order valence-electron chi connectivity index (χ2n) is 7.15. The minimum atomic E-state index is -0.198. The number of nitrogens with zero attached hydrogens (tertiary/aromatic N) is 2. The Kier molecular flexibility index (Phi) is 6.05. The van der Waals surface area contributed by atoms with Gasteiger partial charge in [-0.05, 0) is 46.9 Å². The zero-order valence-electron chi connectivity index (χ0n) is 17.0. The Morgan fingerprint density at radius 1 is 1.03 bits per heavy atom. The van der Waals surface area contributed by atoms with Gasteiger partial charge in [-0.3, -0.25) is 10.1 Å². The van der Waals surface area contributed by atoms with E-state index in [0.29, 0.717) is 28.2 Å². The van der Waals surface area contributed by atoms with Gasteiger partial charge >= 0.3 is 0 Å². The Morgan fingerprint density at radius 3 is 2.60 bits per heavy atom. The zero-order valence-corrected chi connectivity index (χ0v) is 17.8. The van der Waals surface area contributed by atoms with E-state index in [0.717, 1.165) is 22.9 Å². The fourth-order valence-corrected chi connectivity index (χ4v) is 3.87. The first-order chi connectivity index (χ1) is 14.6. The molecule has 3 aromatic carbocycles. The molecule has 0 radical (unpaired) electrons. The number of carbonyl (C=O) groups excluding carboxylic acids is 1. The molecule has 1 aromatic heterocycles. The van der Waals surface area contributed by atoms with Crippen LogP contribution in [0.4, 0.5) is 5.13 Å². The highest BCUT2D eigenvalue weighted by molar-refractivity contribution is 7.15. The number of anilines is 1. The third kappa shape index (κ3) is 4.49. The molecule has 30 heavy (non-hydrogen) atoms. The van der Waals surface area contributed by atoms with Crippen LogP contribution in [0.2, 0.25) is 0 Å². The van der Waals surface area contributed by atoms with Gasteiger partial charge in [0.15, 0.2) is 5.01 Å². The average molecular weight is 418 g/mol. The molecule has 0 saturated heterocycles. The van der Waals surface area contributed by atoms with Gasteiger partial charge in [-0.25, -0.2) is 0 Å². The molecule has 1 heterocycles. The Bertz CT molecular complexity index is 1150. The van der Waals surface area contributed by atoms with Crippen molar-refractivity contribution in [2.75, 3.05) is 5.32 Å². The van der Waals surface area contributed by atoms with E-state index in [1.807, 2.05) is 54.6 Å². The Hall–Kier alpha value is -3.25. The van der Waals surface area contributed by atoms with Gasteiger partial charge in [-0.15, -0.1) is 10.2 Å². The molecule has 4 aromatic rings. The fourth-order valence-electron chi connectivity index (χ4n) is 3.22. The van der Waals surface area contributed by atoms with Crippen molar-refractivity contribution in [1.29, 1.82) is 0 Å². The van der Waals surface area contributed by atoms with Crippen molar-refractivity contribution in [3.63, 3.8) is 0 Å². The molecule has 1 unspecified atom stereocenters. The Labute approximate surface area is 179 Å². The van der Waals surface area contributed by atoms with Gasteiger partial charge in [0.05, 0.1) is 0 Å². The maximum Gasteiger partial charge on any atom is 0.258 e. The molecule has 0 spiro atoms. The van der Waals surface area contributed by atoms with Crippen molar-refractivity contribution in [3.05, 3.63) is 82.9 Å². The highest BCUT2D eigenvalue weighted by Crippen LogP contribution is 2.24. The van der Waals surface area contributed by atoms with Gasteiger partial charge in [0.2, 0.25) is 5.13 Å². The van der Waals surface area contributed by atoms with Gasteiger partial charge in [0.1, 0.15) is 12.4 Å². The Morgan fingerprint density at radius 2 is 1.80 bits per heavy atom. The maximum absolute atomic E-state index is 12.7. The number of benzene rings is 3. The zero-order chi connectivity index (χ0) is 20.9. The summed E-state index contributed by atoms with van der Waals surface area (Å²) in [4.78, 5) is 12.7. The highest BCUT2D eigenvalue weighted by atomic mass is 32.1. The van der Waals surface area contributed by atoms with E-state index in [4.69, 9.17) is 4.74 Å². The van der Waals surface area contributed by atoms with Crippen molar-refractivity contribution < 1.29 is 9.53 Å². The van der Waals surface area contributed by atoms with Crippen LogP contribution >= 0.6 is 11.3 Å². The molecular weight excluding hydrogens is 394 g/mol. The predicted octanol–water partition coefficient (Wildman–Crippen LogP) is 6.04. The van der Waals surface area contributed by atoms with Crippen LogP contribution in [0.25, 0.3) is 10.8 Å². The summed E-state index contributed by atoms with van der Waals surface area (Å²) in [5.41, 5.74) is 1.92. The van der Waals surface area contributed by atoms with Crippen LogP contribution in [0, 0.1) is 0 Å². The van der Waals surface area contributed by atoms with Gasteiger partial charge in [0.25, 0.3) is 5.91 Å². The summed E-state index contributed by atoms with van der Waals surface area (Å²) in [7, 11) is 0. The quantitative estimate of drug-likeness (QED) is 0.398. The fraction of sp³-hybridized carbons (Fsp3) is 0.208. The number of fused-ring (bicyclic) bond motifs is 1. The van der Waals surface area contributed by atoms with Gasteiger partial charge in [0, 0.05) is 5.56 Å². The standard InChI is InChI=1S/C24H23N3O2S/c1-3-16(2)17-11-13-19(14-12-17)29-15-22-26-27-24(30-22)25-23(28)21-10-6-8-18-7-4-5-9-20(18)21/h4-14,16H,3,15H2,1-2H3,(H,25,27,28). The molecule has 0 aliphatic rings. The summed E-state index contributed by atoms with van der Waals surface area (Å²) in [6.07, 6.45) is 1.11. The van der Waals surface area contributed by atoms with Crippen LogP contribution in [0.3, 0.4) is 0 Å². The lowest BCUT2D eigenvalue weighted by atomic mass is 9.99. The topological polar surface area (TPSA) is 64.1 Å². The molecule has 0 fully saturated rings. The number of ether oxygens (including phenoxy) is 1. The van der Waals surface area contributed by atoms with Crippen molar-refractivity contribution in [3.8, 4) is 5.75 Å². The van der Waals surface area contributed by atoms with E-state index in [1.54, 1.807) is 0 Å². The first kappa shape index (κ1) is 20.0. The van der Waals surface area contributed by atoms with E-state index in [9.17, 15) is 4.79 Å². The number of carbonyl (C=O) groups is 1. The van der Waals surface area contributed by atoms with Crippen LogP contribution < -0.4 is 10.1 Å². The number of hydrogen-bond acceptors (Lipinski definition) is 5. The number of nitrogens with one attached hydrogen (secondary N) is 1. The second kappa shape index (κ2) is 9.05. The molecule has 0 aliphatic carbocycles. The molecule has 1 amide bonds. The summed E-state index contributed by atoms with van der Waals surface area (Å²) in [5, 5.41) is 14.1. The first-order valence-corrected chi connectivity index (χ1v) is 10.8. The monoisotopic (exact) mass is 417 g/mol. The molecule has 6 heteroatoms. The number of aromatic nitrogens is 2. The number of amides is 1. The van der Waals surface area contributed by atoms with Crippen molar-refractivity contribution >= 4 is 33.1 Å². The largest absolute Gasteiger partial charge is 0.486 e. The van der Waals surface area contributed by atoms with E-state index in [-0.39, 0.29) is 5.91 Å². The summed E-state index contributed by atoms with van der Waals surface area (Å²) < 4.78 is 5.82. The van der Waals surface area contributed by atoms with Crippen LogP contribution in [-0.4, -0.2) is 16.1 Å². The summed E-state index contributed by atoms with van der Waals surface area (Å²) in [5.74, 6) is 1.13. The summed E-state index contributed by atoms with van der Waals surface area (Å²) in [6.45, 7) is 4.71. The lowest BCUT2D eigenvalue weighted by molar-refractivity contribution is 0.102. The lowest BCUT2D eigenvalue weighted by Crippen LogP contribution is -2.12. The van der Waals surface area contributed by atoms with Crippen LogP contribution in [0.1, 0.15) is 47.1 Å². The molecule has 0 aliphatic heterocycles. The van der Waals surface area contributed by atoms with Gasteiger partial charge in [-0.1, -0.05) is 73.7 Å². The molecular formula is C24H23N3O2S. The van der Waals surface area contributed by atoms with E-state index >= 15 is 0 Å². The smallest absolute Gasteiger partial charge is 0.258 e. The summed E-state index contributed by atoms with van der Waals surface area (Å²) in [6, 6.07) is 21.6. The van der Waals surface area contributed by atoms with E-state index in [2.05, 4.69) is 41.5 Å². The van der Waals surface area contributed by atoms with Crippen LogP contribution in [0.5, 0.6) is 5.75 Å². The van der Waals surface area contributed by atoms with Crippen molar-refractivity contribution in [1.82, 2.24) is 10.2 Å². The molecule has 1 N–H and O–H groups in total. The average Bonchev–Trinajstić information content (AvgIpc) is 3.24. The molecule has 152 valence electrons. The van der Waals surface area contributed by atoms with Crippen LogP contribution in [-0.2, 0) is 6.61 Å². The number of rotatable bonds is 7. The molecule has 1 atom stereocenters. The summed E-state index contributed by atoms with van der Waals surface area (Å²) >= 11 is 1.31. The van der Waals surface area contributed by atoms with Crippen molar-refractivity contribution in [2.24, 2.45) is 0 Å². The number of hydrogen-bond donors (Lipinski definition) is 1. The van der Waals surface area contributed by atoms with Crippen molar-refractivity contribution in [2.45, 2.75) is 32.8 Å². The molecule has 4 rings (SSSR count). The van der Waals surface area contributed by atoms with Crippen LogP contribution in [0.15, 0.2) is 66.7 Å².